The number of carbonyl (C=O) groups is 2. The molecule has 52 heavy (non-hydrogen) atoms. The van der Waals surface area contributed by atoms with Crippen LogP contribution < -0.4 is 28.4 Å². The Hall–Kier alpha value is -3.82. The molecule has 0 fully saturated rings. The summed E-state index contributed by atoms with van der Waals surface area (Å²) >= 11 is 0. The first kappa shape index (κ1) is 40.9. The third-order valence-electron chi connectivity index (χ3n) is 9.82. The molecule has 2 aromatic rings. The van der Waals surface area contributed by atoms with Gasteiger partial charge < -0.3 is 37.9 Å². The predicted molar refractivity (Wildman–Crippen MR) is 201 cm³/mol. The van der Waals surface area contributed by atoms with Gasteiger partial charge in [-0.3, -0.25) is 9.59 Å². The Balaban J connectivity index is 1.46. The second-order valence-corrected chi connectivity index (χ2v) is 13.8. The van der Waals surface area contributed by atoms with Crippen molar-refractivity contribution in [3.8, 4) is 45.6 Å². The number of unbranched alkanes of at least 4 members (excludes halogenated alkanes) is 16. The van der Waals surface area contributed by atoms with Gasteiger partial charge in [0.15, 0.2) is 23.0 Å². The number of ether oxygens (including phenoxy) is 8. The van der Waals surface area contributed by atoms with E-state index in [9.17, 15) is 9.59 Å². The van der Waals surface area contributed by atoms with Gasteiger partial charge in [-0.25, -0.2) is 0 Å². The number of esters is 2. The molecule has 10 nitrogen and oxygen atoms in total. The molecule has 0 saturated carbocycles. The standard InChI is InChI=1S/C42H62O10/c1-5-7-9-11-13-15-17-19-21-23-35(43)47-27-31-25-33(45-3)39-41(51-29-49-39)37(31)38-32(26-34(46-4)40-42(38)52-30-50-40)28-48-36(44)24-22-20-18-16-14-12-10-8-6-2/h25-26H,5-24,27-30H2,1-4H3. The molecule has 4 rings (SSSR count). The van der Waals surface area contributed by atoms with E-state index < -0.39 is 0 Å². The minimum atomic E-state index is -0.268. The highest BCUT2D eigenvalue weighted by Gasteiger charge is 2.35. The molecule has 2 aromatic carbocycles. The van der Waals surface area contributed by atoms with Crippen LogP contribution in [0.5, 0.6) is 34.5 Å². The topological polar surface area (TPSA) is 108 Å². The number of hydrogen-bond donors (Lipinski definition) is 0. The molecule has 0 N–H and O–H groups in total. The highest BCUT2D eigenvalue weighted by molar-refractivity contribution is 5.89. The summed E-state index contributed by atoms with van der Waals surface area (Å²) in [6.45, 7) is 4.37. The summed E-state index contributed by atoms with van der Waals surface area (Å²) in [6, 6.07) is 3.58. The average molecular weight is 727 g/mol. The largest absolute Gasteiger partial charge is 0.493 e. The van der Waals surface area contributed by atoms with Crippen LogP contribution in [0.15, 0.2) is 12.1 Å². The minimum Gasteiger partial charge on any atom is -0.493 e. The Bertz CT molecular complexity index is 1300. The number of fused-ring (bicyclic) bond motifs is 2. The molecule has 0 aliphatic carbocycles. The van der Waals surface area contributed by atoms with Gasteiger partial charge >= 0.3 is 11.9 Å². The molecule has 0 saturated heterocycles. The van der Waals surface area contributed by atoms with E-state index >= 15 is 0 Å². The maximum atomic E-state index is 12.9. The van der Waals surface area contributed by atoms with Crippen molar-refractivity contribution in [3.63, 3.8) is 0 Å². The molecule has 2 heterocycles. The van der Waals surface area contributed by atoms with Crippen molar-refractivity contribution in [3.05, 3.63) is 23.3 Å². The lowest BCUT2D eigenvalue weighted by Gasteiger charge is -2.20. The van der Waals surface area contributed by atoms with Gasteiger partial charge in [0.05, 0.1) is 14.2 Å². The fourth-order valence-corrected chi connectivity index (χ4v) is 6.88. The third kappa shape index (κ3) is 12.1. The Morgan fingerprint density at radius 3 is 1.17 bits per heavy atom. The summed E-state index contributed by atoms with van der Waals surface area (Å²) in [6.07, 6.45) is 21.7. The SMILES string of the molecule is CCCCCCCCCCCC(=O)OCc1cc(OC)c2c(c1-c1c(COC(=O)CCCCCCCCCCC)cc(OC)c3c1OCO3)OCO2. The predicted octanol–water partition coefficient (Wildman–Crippen LogP) is 10.8. The zero-order chi connectivity index (χ0) is 37.0. The maximum absolute atomic E-state index is 12.9. The van der Waals surface area contributed by atoms with Crippen molar-refractivity contribution >= 4 is 11.9 Å². The van der Waals surface area contributed by atoms with Gasteiger partial charge in [-0.1, -0.05) is 117 Å². The lowest BCUT2D eigenvalue weighted by atomic mass is 9.92. The molecule has 0 spiro atoms. The number of hydrogen-bond acceptors (Lipinski definition) is 10. The van der Waals surface area contributed by atoms with Gasteiger partial charge in [0.2, 0.25) is 25.1 Å². The second-order valence-electron chi connectivity index (χ2n) is 13.8. The number of methoxy groups -OCH3 is 2. The van der Waals surface area contributed by atoms with Crippen LogP contribution in [0.1, 0.15) is 153 Å². The Morgan fingerprint density at radius 1 is 0.500 bits per heavy atom. The van der Waals surface area contributed by atoms with Crippen molar-refractivity contribution in [2.75, 3.05) is 27.8 Å². The van der Waals surface area contributed by atoms with Gasteiger partial charge in [0.1, 0.15) is 13.2 Å². The van der Waals surface area contributed by atoms with Gasteiger partial charge in [0, 0.05) is 35.1 Å². The molecule has 0 unspecified atom stereocenters. The molecule has 2 aliphatic heterocycles. The minimum absolute atomic E-state index is 0.0146. The van der Waals surface area contributed by atoms with Crippen LogP contribution >= 0.6 is 0 Å². The van der Waals surface area contributed by atoms with E-state index in [0.717, 1.165) is 38.5 Å². The molecule has 10 heteroatoms. The first-order valence-corrected chi connectivity index (χ1v) is 19.8. The van der Waals surface area contributed by atoms with E-state index in [0.29, 0.717) is 69.6 Å². The lowest BCUT2D eigenvalue weighted by molar-refractivity contribution is -0.146. The summed E-state index contributed by atoms with van der Waals surface area (Å²) in [7, 11) is 3.11. The van der Waals surface area contributed by atoms with Crippen molar-refractivity contribution in [2.24, 2.45) is 0 Å². The molecule has 0 atom stereocenters. The van der Waals surface area contributed by atoms with Crippen molar-refractivity contribution < 1.29 is 47.5 Å². The van der Waals surface area contributed by atoms with Gasteiger partial charge in [-0.05, 0) is 25.0 Å². The fourth-order valence-electron chi connectivity index (χ4n) is 6.88. The van der Waals surface area contributed by atoms with Crippen LogP contribution in [0.2, 0.25) is 0 Å². The molecule has 0 amide bonds. The molecule has 0 bridgehead atoms. The van der Waals surface area contributed by atoms with E-state index in [1.807, 2.05) is 0 Å². The van der Waals surface area contributed by atoms with Crippen LogP contribution in [0.4, 0.5) is 0 Å². The molecule has 0 aromatic heterocycles. The van der Waals surface area contributed by atoms with Crippen molar-refractivity contribution in [2.45, 2.75) is 155 Å². The van der Waals surface area contributed by atoms with Crippen molar-refractivity contribution in [1.29, 1.82) is 0 Å². The Morgan fingerprint density at radius 2 is 0.827 bits per heavy atom. The van der Waals surface area contributed by atoms with Crippen LogP contribution in [0.3, 0.4) is 0 Å². The summed E-state index contributed by atoms with van der Waals surface area (Å²) in [5.41, 5.74) is 2.45. The monoisotopic (exact) mass is 726 g/mol. The first-order chi connectivity index (χ1) is 25.5. The quantitative estimate of drug-likeness (QED) is 0.0652. The van der Waals surface area contributed by atoms with Crippen LogP contribution in [0.25, 0.3) is 11.1 Å². The molecular formula is C42H62O10. The van der Waals surface area contributed by atoms with E-state index in [1.165, 1.54) is 77.0 Å². The normalized spacial score (nSPS) is 12.6. The van der Waals surface area contributed by atoms with E-state index in [-0.39, 0.29) is 38.7 Å². The van der Waals surface area contributed by atoms with E-state index in [4.69, 9.17) is 37.9 Å². The third-order valence-corrected chi connectivity index (χ3v) is 9.82. The number of carbonyl (C=O) groups excluding carboxylic acids is 2. The van der Waals surface area contributed by atoms with Crippen LogP contribution in [0, 0.1) is 0 Å². The summed E-state index contributed by atoms with van der Waals surface area (Å²) < 4.78 is 46.8. The first-order valence-electron chi connectivity index (χ1n) is 19.8. The summed E-state index contributed by atoms with van der Waals surface area (Å²) in [4.78, 5) is 25.9. The summed E-state index contributed by atoms with van der Waals surface area (Å²) in [5, 5.41) is 0. The van der Waals surface area contributed by atoms with E-state index in [2.05, 4.69) is 13.8 Å². The van der Waals surface area contributed by atoms with Crippen LogP contribution in [-0.2, 0) is 32.3 Å². The molecule has 2 aliphatic rings. The zero-order valence-corrected chi connectivity index (χ0v) is 32.2. The Kier molecular flexibility index (Phi) is 18.1. The van der Waals surface area contributed by atoms with Crippen molar-refractivity contribution in [1.82, 2.24) is 0 Å². The van der Waals surface area contributed by atoms with Gasteiger partial charge in [-0.2, -0.15) is 0 Å². The number of benzene rings is 2. The van der Waals surface area contributed by atoms with E-state index in [1.54, 1.807) is 26.4 Å². The highest BCUT2D eigenvalue weighted by Crippen LogP contribution is 2.56. The number of rotatable bonds is 27. The zero-order valence-electron chi connectivity index (χ0n) is 32.2. The average Bonchev–Trinajstić information content (AvgIpc) is 3.85. The fraction of sp³-hybridized carbons (Fsp3) is 0.667. The molecular weight excluding hydrogens is 664 g/mol. The lowest BCUT2D eigenvalue weighted by Crippen LogP contribution is -2.08. The van der Waals surface area contributed by atoms with Gasteiger partial charge in [-0.15, -0.1) is 0 Å². The smallest absolute Gasteiger partial charge is 0.306 e. The van der Waals surface area contributed by atoms with Gasteiger partial charge in [0.25, 0.3) is 0 Å². The summed E-state index contributed by atoms with van der Waals surface area (Å²) in [5.74, 6) is 2.09. The molecule has 290 valence electrons. The van der Waals surface area contributed by atoms with Crippen LogP contribution in [-0.4, -0.2) is 39.7 Å². The Labute approximate surface area is 311 Å². The second kappa shape index (κ2) is 23.0. The molecule has 0 radical (unpaired) electrons. The highest BCUT2D eigenvalue weighted by atomic mass is 16.7. The maximum Gasteiger partial charge on any atom is 0.306 e.